The molecule has 0 bridgehead atoms. The number of thioether (sulfide) groups is 1. The number of carbonyl (C=O) groups is 1. The minimum absolute atomic E-state index is 0.181. The number of methoxy groups -OCH3 is 1. The number of nitrogens with zero attached hydrogens (tertiary/aromatic N) is 1. The van der Waals surface area contributed by atoms with Crippen LogP contribution in [0.25, 0.3) is 0 Å². The van der Waals surface area contributed by atoms with Crippen LogP contribution in [0, 0.1) is 11.8 Å². The number of carbonyl (C=O) groups excluding carboxylic acids is 1. The van der Waals surface area contributed by atoms with E-state index in [1.807, 2.05) is 13.8 Å². The van der Waals surface area contributed by atoms with Crippen molar-refractivity contribution in [1.82, 2.24) is 5.32 Å². The number of hydrogen-bond acceptors (Lipinski definition) is 5. The zero-order valence-corrected chi connectivity index (χ0v) is 12.0. The fraction of sp³-hybridized carbons (Fsp3) is 0.833. The third-order valence-electron chi connectivity index (χ3n) is 3.03. The maximum absolute atomic E-state index is 11.6. The summed E-state index contributed by atoms with van der Waals surface area (Å²) >= 11 is 1.68. The molecule has 0 fully saturated rings. The van der Waals surface area contributed by atoms with Crippen molar-refractivity contribution in [3.05, 3.63) is 0 Å². The van der Waals surface area contributed by atoms with Crippen LogP contribution >= 0.6 is 11.8 Å². The van der Waals surface area contributed by atoms with Gasteiger partial charge in [-0.25, -0.2) is 4.79 Å². The SMILES string of the molecule is COC(=O)C(NC1=NC(C)C(C)CS1)C(C)C. The molecule has 0 aromatic heterocycles. The first kappa shape index (κ1) is 14.4. The van der Waals surface area contributed by atoms with Crippen molar-refractivity contribution in [2.75, 3.05) is 12.9 Å². The van der Waals surface area contributed by atoms with Gasteiger partial charge in [-0.05, 0) is 18.8 Å². The van der Waals surface area contributed by atoms with Gasteiger partial charge in [0.1, 0.15) is 6.04 Å². The van der Waals surface area contributed by atoms with E-state index in [9.17, 15) is 4.79 Å². The van der Waals surface area contributed by atoms with E-state index in [0.717, 1.165) is 10.9 Å². The molecule has 5 heteroatoms. The first-order chi connectivity index (χ1) is 7.95. The molecular weight excluding hydrogens is 236 g/mol. The molecule has 0 aromatic rings. The molecule has 1 heterocycles. The molecule has 0 aliphatic carbocycles. The maximum Gasteiger partial charge on any atom is 0.328 e. The van der Waals surface area contributed by atoms with E-state index in [-0.39, 0.29) is 17.9 Å². The smallest absolute Gasteiger partial charge is 0.328 e. The molecule has 0 amide bonds. The Kier molecular flexibility index (Phi) is 5.31. The summed E-state index contributed by atoms with van der Waals surface area (Å²) < 4.78 is 4.80. The molecule has 3 atom stereocenters. The Labute approximate surface area is 108 Å². The lowest BCUT2D eigenvalue weighted by Crippen LogP contribution is -2.45. The molecule has 1 aliphatic heterocycles. The van der Waals surface area contributed by atoms with Gasteiger partial charge in [0.25, 0.3) is 0 Å². The Morgan fingerprint density at radius 2 is 2.18 bits per heavy atom. The molecule has 0 spiro atoms. The first-order valence-corrected chi connectivity index (χ1v) is 6.99. The predicted octanol–water partition coefficient (Wildman–Crippen LogP) is 1.90. The summed E-state index contributed by atoms with van der Waals surface area (Å²) in [5, 5.41) is 4.06. The summed E-state index contributed by atoms with van der Waals surface area (Å²) in [5.41, 5.74) is 0. The van der Waals surface area contributed by atoms with Crippen molar-refractivity contribution < 1.29 is 9.53 Å². The van der Waals surface area contributed by atoms with Crippen LogP contribution < -0.4 is 5.32 Å². The number of nitrogens with one attached hydrogen (secondary N) is 1. The number of aliphatic imine (C=N–C) groups is 1. The Morgan fingerprint density at radius 3 is 2.65 bits per heavy atom. The molecule has 0 aromatic carbocycles. The van der Waals surface area contributed by atoms with E-state index >= 15 is 0 Å². The number of ether oxygens (including phenoxy) is 1. The van der Waals surface area contributed by atoms with Gasteiger partial charge in [0.05, 0.1) is 13.2 Å². The van der Waals surface area contributed by atoms with Crippen LogP contribution in [-0.4, -0.2) is 36.1 Å². The van der Waals surface area contributed by atoms with Crippen LogP contribution in [0.2, 0.25) is 0 Å². The van der Waals surface area contributed by atoms with Crippen LogP contribution in [0.3, 0.4) is 0 Å². The number of amidine groups is 1. The molecule has 1 aliphatic rings. The maximum atomic E-state index is 11.6. The summed E-state index contributed by atoms with van der Waals surface area (Å²) in [4.78, 5) is 16.2. The Bertz CT molecular complexity index is 305. The zero-order chi connectivity index (χ0) is 13.0. The standard InChI is InChI=1S/C12H22N2O2S/c1-7(2)10(11(15)16-5)14-12-13-9(4)8(3)6-17-12/h7-10H,6H2,1-5H3,(H,13,14). The topological polar surface area (TPSA) is 50.7 Å². The Balaban J connectivity index is 2.68. The van der Waals surface area contributed by atoms with Crippen LogP contribution in [0.1, 0.15) is 27.7 Å². The van der Waals surface area contributed by atoms with Gasteiger partial charge in [0.15, 0.2) is 5.17 Å². The summed E-state index contributed by atoms with van der Waals surface area (Å²) in [7, 11) is 1.42. The average molecular weight is 258 g/mol. The monoisotopic (exact) mass is 258 g/mol. The van der Waals surface area contributed by atoms with Crippen molar-refractivity contribution in [3.8, 4) is 0 Å². The van der Waals surface area contributed by atoms with E-state index < -0.39 is 0 Å². The van der Waals surface area contributed by atoms with Gasteiger partial charge in [0, 0.05) is 5.75 Å². The molecule has 98 valence electrons. The fourth-order valence-electron chi connectivity index (χ4n) is 1.54. The zero-order valence-electron chi connectivity index (χ0n) is 11.2. The van der Waals surface area contributed by atoms with Gasteiger partial charge in [0.2, 0.25) is 0 Å². The van der Waals surface area contributed by atoms with E-state index in [0.29, 0.717) is 12.0 Å². The van der Waals surface area contributed by atoms with Crippen LogP contribution in [-0.2, 0) is 9.53 Å². The van der Waals surface area contributed by atoms with Crippen molar-refractivity contribution in [3.63, 3.8) is 0 Å². The molecule has 0 radical (unpaired) electrons. The third kappa shape index (κ3) is 3.91. The Hall–Kier alpha value is -0.710. The van der Waals surface area contributed by atoms with E-state index in [2.05, 4.69) is 24.2 Å². The highest BCUT2D eigenvalue weighted by Crippen LogP contribution is 2.22. The molecule has 1 rings (SSSR count). The van der Waals surface area contributed by atoms with E-state index in [1.54, 1.807) is 11.8 Å². The third-order valence-corrected chi connectivity index (χ3v) is 4.22. The van der Waals surface area contributed by atoms with Crippen molar-refractivity contribution in [2.45, 2.75) is 39.8 Å². The number of hydrogen-bond donors (Lipinski definition) is 1. The summed E-state index contributed by atoms with van der Waals surface area (Å²) in [6, 6.07) is -0.00364. The molecule has 0 saturated heterocycles. The predicted molar refractivity (Wildman–Crippen MR) is 72.3 cm³/mol. The van der Waals surface area contributed by atoms with Crippen molar-refractivity contribution in [2.24, 2.45) is 16.8 Å². The molecule has 17 heavy (non-hydrogen) atoms. The van der Waals surface area contributed by atoms with Gasteiger partial charge in [-0.15, -0.1) is 0 Å². The van der Waals surface area contributed by atoms with E-state index in [1.165, 1.54) is 7.11 Å². The van der Waals surface area contributed by atoms with Gasteiger partial charge in [-0.3, -0.25) is 4.99 Å². The lowest BCUT2D eigenvalue weighted by Gasteiger charge is -2.27. The fourth-order valence-corrected chi connectivity index (χ4v) is 2.69. The van der Waals surface area contributed by atoms with Crippen molar-refractivity contribution >= 4 is 22.9 Å². The van der Waals surface area contributed by atoms with E-state index in [4.69, 9.17) is 4.74 Å². The van der Waals surface area contributed by atoms with Gasteiger partial charge < -0.3 is 10.1 Å². The minimum atomic E-state index is -0.313. The molecule has 1 N–H and O–H groups in total. The lowest BCUT2D eigenvalue weighted by atomic mass is 10.1. The Morgan fingerprint density at radius 1 is 1.53 bits per heavy atom. The van der Waals surface area contributed by atoms with Crippen LogP contribution in [0.5, 0.6) is 0 Å². The second-order valence-corrected chi connectivity index (χ2v) is 5.86. The van der Waals surface area contributed by atoms with Gasteiger partial charge in [-0.1, -0.05) is 32.5 Å². The molecule has 4 nitrogen and oxygen atoms in total. The van der Waals surface area contributed by atoms with Gasteiger partial charge in [-0.2, -0.15) is 0 Å². The minimum Gasteiger partial charge on any atom is -0.467 e. The summed E-state index contributed by atoms with van der Waals surface area (Å²) in [6.45, 7) is 8.29. The highest BCUT2D eigenvalue weighted by atomic mass is 32.2. The molecule has 3 unspecified atom stereocenters. The summed E-state index contributed by atoms with van der Waals surface area (Å²) in [5.74, 6) is 1.58. The lowest BCUT2D eigenvalue weighted by molar-refractivity contribution is -0.143. The summed E-state index contributed by atoms with van der Waals surface area (Å²) in [6.07, 6.45) is 0. The molecular formula is C12H22N2O2S. The average Bonchev–Trinajstić information content (AvgIpc) is 2.29. The van der Waals surface area contributed by atoms with Gasteiger partial charge >= 0.3 is 5.97 Å². The highest BCUT2D eigenvalue weighted by Gasteiger charge is 2.27. The second-order valence-electron chi connectivity index (χ2n) is 4.85. The first-order valence-electron chi connectivity index (χ1n) is 6.00. The normalized spacial score (nSPS) is 26.4. The van der Waals surface area contributed by atoms with Crippen LogP contribution in [0.4, 0.5) is 0 Å². The number of esters is 1. The highest BCUT2D eigenvalue weighted by molar-refractivity contribution is 8.13. The second kappa shape index (κ2) is 6.28. The molecule has 0 saturated carbocycles. The van der Waals surface area contributed by atoms with Crippen LogP contribution in [0.15, 0.2) is 4.99 Å². The quantitative estimate of drug-likeness (QED) is 0.786. The van der Waals surface area contributed by atoms with Crippen molar-refractivity contribution in [1.29, 1.82) is 0 Å². The largest absolute Gasteiger partial charge is 0.467 e. The number of rotatable bonds is 3.